The Hall–Kier alpha value is -2.56. The molecule has 0 saturated carbocycles. The molecule has 2 amide bonds. The summed E-state index contributed by atoms with van der Waals surface area (Å²) in [5, 5.41) is 5.40. The van der Waals surface area contributed by atoms with Gasteiger partial charge in [-0.2, -0.15) is 0 Å². The van der Waals surface area contributed by atoms with Crippen LogP contribution in [0.4, 0.5) is 5.69 Å². The predicted octanol–water partition coefficient (Wildman–Crippen LogP) is 2.49. The highest BCUT2D eigenvalue weighted by Crippen LogP contribution is 2.15. The molecule has 110 valence electrons. The first-order valence-corrected chi connectivity index (χ1v) is 6.86. The van der Waals surface area contributed by atoms with Gasteiger partial charge in [-0.05, 0) is 30.2 Å². The molecule has 0 fully saturated rings. The normalized spacial score (nSPS) is 10.1. The minimum absolute atomic E-state index is 0.210. The van der Waals surface area contributed by atoms with Crippen LogP contribution in [0.5, 0.6) is 0 Å². The van der Waals surface area contributed by atoms with Gasteiger partial charge in [0.1, 0.15) is 12.2 Å². The summed E-state index contributed by atoms with van der Waals surface area (Å²) in [7, 11) is 0. The highest BCUT2D eigenvalue weighted by Gasteiger charge is 2.11. The summed E-state index contributed by atoms with van der Waals surface area (Å²) < 4.78 is 5.10. The van der Waals surface area contributed by atoms with E-state index in [1.54, 1.807) is 12.1 Å². The maximum atomic E-state index is 11.9. The second-order valence-electron chi connectivity index (χ2n) is 4.59. The van der Waals surface area contributed by atoms with E-state index in [-0.39, 0.29) is 24.8 Å². The highest BCUT2D eigenvalue weighted by molar-refractivity contribution is 6.03. The predicted molar refractivity (Wildman–Crippen MR) is 79.6 cm³/mol. The molecule has 5 nitrogen and oxygen atoms in total. The molecule has 2 aromatic rings. The molecule has 0 saturated heterocycles. The Kier molecular flexibility index (Phi) is 5.15. The number of hydrogen-bond donors (Lipinski definition) is 2. The maximum Gasteiger partial charge on any atom is 0.233 e. The van der Waals surface area contributed by atoms with Gasteiger partial charge in [-0.1, -0.05) is 25.1 Å². The van der Waals surface area contributed by atoms with Crippen LogP contribution in [-0.2, 0) is 22.6 Å². The number of rotatable bonds is 6. The molecule has 0 aliphatic rings. The van der Waals surface area contributed by atoms with Crippen molar-refractivity contribution in [2.24, 2.45) is 0 Å². The smallest absolute Gasteiger partial charge is 0.233 e. The zero-order chi connectivity index (χ0) is 15.1. The van der Waals surface area contributed by atoms with Gasteiger partial charge in [0, 0.05) is 5.69 Å². The second-order valence-corrected chi connectivity index (χ2v) is 4.59. The zero-order valence-electron chi connectivity index (χ0n) is 11.9. The molecule has 1 aromatic heterocycles. The topological polar surface area (TPSA) is 71.3 Å². The molecule has 2 N–H and O–H groups in total. The van der Waals surface area contributed by atoms with Crippen molar-refractivity contribution in [3.05, 3.63) is 54.0 Å². The van der Waals surface area contributed by atoms with Crippen molar-refractivity contribution in [1.82, 2.24) is 5.32 Å². The van der Waals surface area contributed by atoms with Crippen molar-refractivity contribution in [1.29, 1.82) is 0 Å². The van der Waals surface area contributed by atoms with Gasteiger partial charge in [-0.25, -0.2) is 0 Å². The van der Waals surface area contributed by atoms with Crippen molar-refractivity contribution >= 4 is 17.5 Å². The average Bonchev–Trinajstić information content (AvgIpc) is 2.99. The van der Waals surface area contributed by atoms with Crippen molar-refractivity contribution in [3.63, 3.8) is 0 Å². The minimum atomic E-state index is -0.335. The van der Waals surface area contributed by atoms with Gasteiger partial charge in [0.25, 0.3) is 0 Å². The molecule has 0 aliphatic carbocycles. The number of carbonyl (C=O) groups is 2. The Bertz CT molecular complexity index is 606. The summed E-state index contributed by atoms with van der Waals surface area (Å²) in [5.41, 5.74) is 1.80. The molecule has 0 aliphatic heterocycles. The summed E-state index contributed by atoms with van der Waals surface area (Å²) in [5.74, 6) is -0.00851. The van der Waals surface area contributed by atoms with Crippen LogP contribution in [0.3, 0.4) is 0 Å². The molecule has 0 bridgehead atoms. The Morgan fingerprint density at radius 2 is 1.90 bits per heavy atom. The van der Waals surface area contributed by atoms with Gasteiger partial charge < -0.3 is 15.1 Å². The lowest BCUT2D eigenvalue weighted by Crippen LogP contribution is -2.27. The first kappa shape index (κ1) is 14.8. The number of nitrogens with one attached hydrogen (secondary N) is 2. The summed E-state index contributed by atoms with van der Waals surface area (Å²) >= 11 is 0. The quantitative estimate of drug-likeness (QED) is 0.801. The van der Waals surface area contributed by atoms with Crippen molar-refractivity contribution in [3.8, 4) is 0 Å². The average molecular weight is 286 g/mol. The first-order chi connectivity index (χ1) is 10.2. The van der Waals surface area contributed by atoms with Crippen LogP contribution in [0.1, 0.15) is 24.7 Å². The third kappa shape index (κ3) is 4.49. The summed E-state index contributed by atoms with van der Waals surface area (Å²) in [6.07, 6.45) is 2.15. The van der Waals surface area contributed by atoms with E-state index < -0.39 is 0 Å². The van der Waals surface area contributed by atoms with E-state index in [1.807, 2.05) is 31.2 Å². The number of benzene rings is 1. The van der Waals surface area contributed by atoms with Crippen molar-refractivity contribution < 1.29 is 14.0 Å². The SMILES string of the molecule is CCc1ccccc1NC(=O)CC(=O)NCc1ccco1. The van der Waals surface area contributed by atoms with Crippen molar-refractivity contribution in [2.45, 2.75) is 26.3 Å². The summed E-state index contributed by atoms with van der Waals surface area (Å²) in [6.45, 7) is 2.30. The summed E-state index contributed by atoms with van der Waals surface area (Å²) in [4.78, 5) is 23.5. The van der Waals surface area contributed by atoms with Crippen LogP contribution in [0.15, 0.2) is 47.1 Å². The molecule has 0 spiro atoms. The fraction of sp³-hybridized carbons (Fsp3) is 0.250. The maximum absolute atomic E-state index is 11.9. The minimum Gasteiger partial charge on any atom is -0.467 e. The number of hydrogen-bond acceptors (Lipinski definition) is 3. The molecular weight excluding hydrogens is 268 g/mol. The van der Waals surface area contributed by atoms with Crippen LogP contribution in [0.25, 0.3) is 0 Å². The molecule has 1 aromatic carbocycles. The fourth-order valence-corrected chi connectivity index (χ4v) is 1.95. The monoisotopic (exact) mass is 286 g/mol. The lowest BCUT2D eigenvalue weighted by molar-refractivity contribution is -0.127. The lowest BCUT2D eigenvalue weighted by Gasteiger charge is -2.09. The van der Waals surface area contributed by atoms with E-state index in [2.05, 4.69) is 10.6 Å². The Balaban J connectivity index is 1.82. The van der Waals surface area contributed by atoms with Gasteiger partial charge in [0.05, 0.1) is 12.8 Å². The molecule has 1 heterocycles. The Morgan fingerprint density at radius 3 is 2.62 bits per heavy atom. The highest BCUT2D eigenvalue weighted by atomic mass is 16.3. The van der Waals surface area contributed by atoms with E-state index >= 15 is 0 Å². The van der Waals surface area contributed by atoms with Gasteiger partial charge in [0.2, 0.25) is 11.8 Å². The zero-order valence-corrected chi connectivity index (χ0v) is 11.9. The third-order valence-corrected chi connectivity index (χ3v) is 3.03. The Labute approximate surface area is 123 Å². The van der Waals surface area contributed by atoms with E-state index in [4.69, 9.17) is 4.42 Å². The van der Waals surface area contributed by atoms with Crippen LogP contribution in [-0.4, -0.2) is 11.8 Å². The van der Waals surface area contributed by atoms with Gasteiger partial charge in [0.15, 0.2) is 0 Å². The van der Waals surface area contributed by atoms with Crippen LogP contribution < -0.4 is 10.6 Å². The molecule has 0 unspecified atom stereocenters. The van der Waals surface area contributed by atoms with Crippen LogP contribution >= 0.6 is 0 Å². The van der Waals surface area contributed by atoms with Crippen molar-refractivity contribution in [2.75, 3.05) is 5.32 Å². The molecule has 0 radical (unpaired) electrons. The van der Waals surface area contributed by atoms with E-state index in [0.29, 0.717) is 5.76 Å². The lowest BCUT2D eigenvalue weighted by atomic mass is 10.1. The number of anilines is 1. The van der Waals surface area contributed by atoms with Gasteiger partial charge >= 0.3 is 0 Å². The molecule has 21 heavy (non-hydrogen) atoms. The van der Waals surface area contributed by atoms with Gasteiger partial charge in [-0.3, -0.25) is 9.59 Å². The number of aryl methyl sites for hydroxylation is 1. The van der Waals surface area contributed by atoms with E-state index in [0.717, 1.165) is 17.7 Å². The van der Waals surface area contributed by atoms with Crippen LogP contribution in [0, 0.1) is 0 Å². The molecular formula is C16H18N2O3. The fourth-order valence-electron chi connectivity index (χ4n) is 1.95. The first-order valence-electron chi connectivity index (χ1n) is 6.86. The van der Waals surface area contributed by atoms with Gasteiger partial charge in [-0.15, -0.1) is 0 Å². The number of furan rings is 1. The standard InChI is InChI=1S/C16H18N2O3/c1-2-12-6-3-4-8-14(12)18-16(20)10-15(19)17-11-13-7-5-9-21-13/h3-9H,2,10-11H2,1H3,(H,17,19)(H,18,20). The summed E-state index contributed by atoms with van der Waals surface area (Å²) in [6, 6.07) is 11.1. The number of amides is 2. The van der Waals surface area contributed by atoms with Crippen LogP contribution in [0.2, 0.25) is 0 Å². The Morgan fingerprint density at radius 1 is 1.10 bits per heavy atom. The number of para-hydroxylation sites is 1. The second kappa shape index (κ2) is 7.28. The largest absolute Gasteiger partial charge is 0.467 e. The van der Waals surface area contributed by atoms with E-state index in [1.165, 1.54) is 6.26 Å². The molecule has 2 rings (SSSR count). The number of carbonyl (C=O) groups excluding carboxylic acids is 2. The van der Waals surface area contributed by atoms with E-state index in [9.17, 15) is 9.59 Å². The third-order valence-electron chi connectivity index (χ3n) is 3.03. The molecule has 5 heteroatoms. The molecule has 0 atom stereocenters.